The second-order valence-corrected chi connectivity index (χ2v) is 20.5. The summed E-state index contributed by atoms with van der Waals surface area (Å²) in [6.45, 7) is 2.53. The van der Waals surface area contributed by atoms with Gasteiger partial charge in [-0.1, -0.05) is 103 Å². The summed E-state index contributed by atoms with van der Waals surface area (Å²) in [5, 5.41) is 6.09. The van der Waals surface area contributed by atoms with E-state index < -0.39 is 8.07 Å². The minimum Gasteiger partial charge on any atom is -0.336 e. The smallest absolute Gasteiger partial charge is 0.251 e. The molecule has 2 nitrogen and oxygen atoms in total. The number of hydrogen-bond donors (Lipinski definition) is 0. The molecule has 13 rings (SSSR count). The zero-order valence-electron chi connectivity index (χ0n) is 29.2. The molecule has 0 spiro atoms. The number of benzene rings is 6. The number of para-hydroxylation sites is 1. The standard InChI is InChI=1S/C47H41BN2Si/c1-31-23-40-44-41(24-31)50(47-28-32-25-33(29-47)27-34(26-32)30-47)39-20-12-22-43-46(39)48(44)45-38(49(40)35-13-5-2-6-14-35)19-11-21-42(45)51(43,36-15-7-3-8-16-36)37-17-9-4-10-18-37/h2-24,32-34H,25-30H2,1H3. The largest absolute Gasteiger partial charge is 0.336 e. The monoisotopic (exact) mass is 672 g/mol. The lowest BCUT2D eigenvalue weighted by Gasteiger charge is -2.63. The van der Waals surface area contributed by atoms with Crippen LogP contribution in [0.3, 0.4) is 0 Å². The first-order valence-electron chi connectivity index (χ1n) is 19.3. The molecular formula is C47H41BN2Si. The summed E-state index contributed by atoms with van der Waals surface area (Å²) in [6.07, 6.45) is 8.35. The molecule has 6 aromatic carbocycles. The van der Waals surface area contributed by atoms with Crippen molar-refractivity contribution in [3.8, 4) is 0 Å². The molecule has 246 valence electrons. The van der Waals surface area contributed by atoms with Crippen LogP contribution in [-0.4, -0.2) is 20.3 Å². The summed E-state index contributed by atoms with van der Waals surface area (Å²) >= 11 is 0. The van der Waals surface area contributed by atoms with E-state index in [1.54, 1.807) is 15.8 Å². The van der Waals surface area contributed by atoms with E-state index in [0.29, 0.717) is 0 Å². The van der Waals surface area contributed by atoms with E-state index in [9.17, 15) is 0 Å². The molecule has 0 unspecified atom stereocenters. The maximum Gasteiger partial charge on any atom is 0.251 e. The van der Waals surface area contributed by atoms with Crippen LogP contribution in [0.15, 0.2) is 140 Å². The topological polar surface area (TPSA) is 6.48 Å². The minimum absolute atomic E-state index is 0.176. The highest BCUT2D eigenvalue weighted by Gasteiger charge is 2.60. The highest BCUT2D eigenvalue weighted by molar-refractivity contribution is 7.27. The molecule has 0 atom stereocenters. The summed E-state index contributed by atoms with van der Waals surface area (Å²) < 4.78 is 0. The van der Waals surface area contributed by atoms with Crippen LogP contribution in [0.5, 0.6) is 0 Å². The molecule has 3 heterocycles. The first kappa shape index (κ1) is 28.9. The van der Waals surface area contributed by atoms with Crippen LogP contribution in [0.2, 0.25) is 0 Å². The summed E-state index contributed by atoms with van der Waals surface area (Å²) in [5.74, 6) is 2.60. The predicted octanol–water partition coefficient (Wildman–Crippen LogP) is 6.41. The van der Waals surface area contributed by atoms with E-state index in [4.69, 9.17) is 0 Å². The average molecular weight is 673 g/mol. The molecular weight excluding hydrogens is 631 g/mol. The Kier molecular flexibility index (Phi) is 5.75. The first-order valence-corrected chi connectivity index (χ1v) is 21.3. The molecule has 4 fully saturated rings. The third-order valence-electron chi connectivity index (χ3n) is 14.0. The maximum absolute atomic E-state index is 3.00. The minimum atomic E-state index is -2.77. The number of nitrogens with zero attached hydrogens (tertiary/aromatic N) is 2. The van der Waals surface area contributed by atoms with Gasteiger partial charge in [0.05, 0.1) is 0 Å². The Morgan fingerprint density at radius 1 is 0.529 bits per heavy atom. The molecule has 0 aromatic heterocycles. The van der Waals surface area contributed by atoms with Crippen molar-refractivity contribution in [3.05, 3.63) is 145 Å². The van der Waals surface area contributed by atoms with E-state index in [0.717, 1.165) is 17.8 Å². The zero-order valence-corrected chi connectivity index (χ0v) is 30.2. The molecule has 3 aliphatic heterocycles. The first-order chi connectivity index (χ1) is 25.1. The molecule has 0 N–H and O–H groups in total. The van der Waals surface area contributed by atoms with Gasteiger partial charge in [-0.3, -0.25) is 0 Å². The van der Waals surface area contributed by atoms with Crippen LogP contribution in [0.25, 0.3) is 0 Å². The van der Waals surface area contributed by atoms with Gasteiger partial charge < -0.3 is 9.80 Å². The van der Waals surface area contributed by atoms with Crippen LogP contribution < -0.4 is 46.9 Å². The quantitative estimate of drug-likeness (QED) is 0.200. The Labute approximate surface area is 302 Å². The van der Waals surface area contributed by atoms with Crippen LogP contribution in [0.1, 0.15) is 44.1 Å². The predicted molar refractivity (Wildman–Crippen MR) is 217 cm³/mol. The Hall–Kier alpha value is -4.80. The Morgan fingerprint density at radius 3 is 1.63 bits per heavy atom. The molecule has 0 saturated heterocycles. The molecule has 0 radical (unpaired) electrons. The van der Waals surface area contributed by atoms with Crippen molar-refractivity contribution < 1.29 is 0 Å². The highest BCUT2D eigenvalue weighted by atomic mass is 28.3. The lowest BCUT2D eigenvalue weighted by molar-refractivity contribution is 0.000640. The SMILES string of the molecule is Cc1cc2c3c(c1)N(C14CC5CC(CC(C5)C1)C4)c1cccc4c1B3c1c(cccc1[Si]4(c1ccccc1)c1ccccc1)N2c1ccccc1. The molecule has 51 heavy (non-hydrogen) atoms. The van der Waals surface area contributed by atoms with Crippen molar-refractivity contribution in [2.24, 2.45) is 17.8 Å². The number of hydrogen-bond acceptors (Lipinski definition) is 2. The van der Waals surface area contributed by atoms with Crippen molar-refractivity contribution in [1.82, 2.24) is 0 Å². The van der Waals surface area contributed by atoms with Gasteiger partial charge in [0, 0.05) is 34.0 Å². The van der Waals surface area contributed by atoms with Crippen LogP contribution in [-0.2, 0) is 0 Å². The summed E-state index contributed by atoms with van der Waals surface area (Å²) in [5.41, 5.74) is 13.1. The van der Waals surface area contributed by atoms with Crippen LogP contribution in [0, 0.1) is 24.7 Å². The molecule has 6 aromatic rings. The molecule has 4 heteroatoms. The van der Waals surface area contributed by atoms with Gasteiger partial charge in [-0.25, -0.2) is 0 Å². The molecule has 4 saturated carbocycles. The van der Waals surface area contributed by atoms with Crippen molar-refractivity contribution in [1.29, 1.82) is 0 Å². The van der Waals surface area contributed by atoms with Gasteiger partial charge in [-0.15, -0.1) is 0 Å². The van der Waals surface area contributed by atoms with E-state index in [2.05, 4.69) is 156 Å². The lowest BCUT2D eigenvalue weighted by Crippen LogP contribution is -2.88. The van der Waals surface area contributed by atoms with Crippen molar-refractivity contribution in [2.75, 3.05) is 9.80 Å². The van der Waals surface area contributed by atoms with Gasteiger partial charge in [-0.2, -0.15) is 0 Å². The van der Waals surface area contributed by atoms with Gasteiger partial charge in [0.1, 0.15) is 0 Å². The van der Waals surface area contributed by atoms with Gasteiger partial charge >= 0.3 is 0 Å². The normalized spacial score (nSPS) is 25.2. The molecule has 0 amide bonds. The Morgan fingerprint density at radius 2 is 1.04 bits per heavy atom. The summed E-state index contributed by atoms with van der Waals surface area (Å²) in [7, 11) is -2.77. The third kappa shape index (κ3) is 3.64. The molecule has 7 aliphatic rings. The second-order valence-electron chi connectivity index (χ2n) is 16.8. The average Bonchev–Trinajstić information content (AvgIpc) is 3.15. The molecule has 4 bridgehead atoms. The third-order valence-corrected chi connectivity index (χ3v) is 18.9. The van der Waals surface area contributed by atoms with Gasteiger partial charge in [0.15, 0.2) is 8.07 Å². The summed E-state index contributed by atoms with van der Waals surface area (Å²) in [6, 6.07) is 54.4. The zero-order chi connectivity index (χ0) is 33.5. The van der Waals surface area contributed by atoms with Gasteiger partial charge in [0.25, 0.3) is 6.71 Å². The number of rotatable bonds is 4. The van der Waals surface area contributed by atoms with Gasteiger partial charge in [0.2, 0.25) is 0 Å². The summed E-state index contributed by atoms with van der Waals surface area (Å²) in [4.78, 5) is 5.63. The number of anilines is 5. The van der Waals surface area contributed by atoms with Crippen molar-refractivity contribution in [2.45, 2.75) is 51.0 Å². The highest BCUT2D eigenvalue weighted by Crippen LogP contribution is 2.60. The van der Waals surface area contributed by atoms with E-state index in [1.807, 2.05) is 0 Å². The number of aryl methyl sites for hydroxylation is 1. The lowest BCUT2D eigenvalue weighted by atomic mass is 9.33. The fourth-order valence-corrected chi connectivity index (χ4v) is 18.2. The van der Waals surface area contributed by atoms with Crippen molar-refractivity contribution in [3.63, 3.8) is 0 Å². The van der Waals surface area contributed by atoms with Gasteiger partial charge in [-0.05, 0) is 142 Å². The fourth-order valence-electron chi connectivity index (χ4n) is 12.9. The van der Waals surface area contributed by atoms with Crippen molar-refractivity contribution >= 4 is 80.4 Å². The van der Waals surface area contributed by atoms with Crippen LogP contribution >= 0.6 is 0 Å². The second kappa shape index (κ2) is 10.2. The van der Waals surface area contributed by atoms with E-state index in [1.165, 1.54) is 93.8 Å². The Balaban J connectivity index is 1.26. The molecule has 4 aliphatic carbocycles. The van der Waals surface area contributed by atoms with E-state index in [-0.39, 0.29) is 12.3 Å². The fraction of sp³-hybridized carbons (Fsp3) is 0.234. The van der Waals surface area contributed by atoms with E-state index >= 15 is 0 Å². The maximum atomic E-state index is 3.00. The van der Waals surface area contributed by atoms with Crippen LogP contribution in [0.4, 0.5) is 28.4 Å². The Bertz CT molecular complexity index is 2310.